The van der Waals surface area contributed by atoms with Crippen LogP contribution in [-0.2, 0) is 21.1 Å². The molecule has 6 heteroatoms. The second-order valence-electron chi connectivity index (χ2n) is 12.8. The molecule has 9 aromatic rings. The largest absolute Gasteiger partial charge is 0.507 e. The molecule has 0 spiro atoms. The van der Waals surface area contributed by atoms with Gasteiger partial charge in [-0.2, -0.15) is 0 Å². The summed E-state index contributed by atoms with van der Waals surface area (Å²) < 4.78 is 6.17. The van der Waals surface area contributed by atoms with Crippen LogP contribution in [0.3, 0.4) is 0 Å². The van der Waals surface area contributed by atoms with Crippen LogP contribution < -0.4 is 0 Å². The van der Waals surface area contributed by atoms with Crippen molar-refractivity contribution in [2.75, 3.05) is 0 Å². The molecule has 0 aliphatic carbocycles. The van der Waals surface area contributed by atoms with Crippen LogP contribution in [-0.4, -0.2) is 15.1 Å². The van der Waals surface area contributed by atoms with E-state index >= 15 is 0 Å². The average Bonchev–Trinajstić information content (AvgIpc) is 3.81. The van der Waals surface area contributed by atoms with Gasteiger partial charge in [0.2, 0.25) is 0 Å². The number of aryl methyl sites for hydroxylation is 2. The van der Waals surface area contributed by atoms with E-state index in [4.69, 9.17) is 14.4 Å². The van der Waals surface area contributed by atoms with E-state index in [1.165, 1.54) is 4.88 Å². The number of fused-ring (bicyclic) bond motifs is 3. The monoisotopic (exact) mass is 870 g/mol. The zero-order valence-electron chi connectivity index (χ0n) is 28.3. The molecule has 0 saturated carbocycles. The van der Waals surface area contributed by atoms with Crippen LogP contribution in [0.2, 0.25) is 0 Å². The molecule has 1 N–H and O–H groups in total. The molecular formula is C46H31N2O2PtS-. The van der Waals surface area contributed by atoms with Crippen molar-refractivity contribution in [2.24, 2.45) is 0 Å². The first kappa shape index (κ1) is 33.5. The third-order valence-corrected chi connectivity index (χ3v) is 10.5. The molecule has 0 fully saturated rings. The molecule has 4 nitrogen and oxygen atoms in total. The Kier molecular flexibility index (Phi) is 8.92. The van der Waals surface area contributed by atoms with Gasteiger partial charge in [0.15, 0.2) is 0 Å². The Morgan fingerprint density at radius 3 is 2.04 bits per heavy atom. The van der Waals surface area contributed by atoms with E-state index in [1.807, 2.05) is 92.7 Å². The van der Waals surface area contributed by atoms with Crippen molar-refractivity contribution in [1.29, 1.82) is 0 Å². The zero-order valence-corrected chi connectivity index (χ0v) is 31.4. The predicted molar refractivity (Wildman–Crippen MR) is 210 cm³/mol. The summed E-state index contributed by atoms with van der Waals surface area (Å²) in [6, 6.07) is 53.2. The number of phenolic OH excluding ortho intramolecular Hbond substituents is 1. The summed E-state index contributed by atoms with van der Waals surface area (Å²) >= 11 is 1.76. The first-order chi connectivity index (χ1) is 25.0. The Morgan fingerprint density at radius 1 is 0.538 bits per heavy atom. The van der Waals surface area contributed by atoms with Crippen molar-refractivity contribution in [1.82, 2.24) is 9.97 Å². The Balaban J connectivity index is 0.00000387. The maximum atomic E-state index is 11.0. The van der Waals surface area contributed by atoms with Gasteiger partial charge in [0.1, 0.15) is 16.9 Å². The topological polar surface area (TPSA) is 59.2 Å². The molecule has 0 radical (unpaired) electrons. The quantitative estimate of drug-likeness (QED) is 0.169. The summed E-state index contributed by atoms with van der Waals surface area (Å²) in [5.74, 6) is 0.238. The number of pyridine rings is 2. The third kappa shape index (κ3) is 6.28. The van der Waals surface area contributed by atoms with E-state index in [0.29, 0.717) is 11.3 Å². The number of rotatable bonds is 6. The minimum Gasteiger partial charge on any atom is -0.507 e. The zero-order chi connectivity index (χ0) is 34.5. The average molecular weight is 871 g/mol. The van der Waals surface area contributed by atoms with Crippen LogP contribution in [0.4, 0.5) is 0 Å². The molecule has 0 amide bonds. The fraction of sp³-hybridized carbons (Fsp3) is 0.0435. The second-order valence-corrected chi connectivity index (χ2v) is 13.9. The van der Waals surface area contributed by atoms with Crippen molar-refractivity contribution in [3.8, 4) is 71.5 Å². The number of hydrogen-bond donors (Lipinski definition) is 1. The summed E-state index contributed by atoms with van der Waals surface area (Å²) in [5.41, 5.74) is 12.6. The van der Waals surface area contributed by atoms with Crippen molar-refractivity contribution < 1.29 is 30.6 Å². The van der Waals surface area contributed by atoms with E-state index in [1.54, 1.807) is 11.3 Å². The van der Waals surface area contributed by atoms with Gasteiger partial charge in [-0.15, -0.1) is 35.6 Å². The SMILES string of the molecule is Cc1cc(-c2ccc(-c3ccc4c(c3)oc3ccccc34)s2)cc(-c2[c-]c(-c3cc(-c4ccccc4)cc(-c4cccc(C)c4O)n3)ccc2)n1.[Pt]. The van der Waals surface area contributed by atoms with Crippen LogP contribution in [0.25, 0.3) is 87.7 Å². The maximum Gasteiger partial charge on any atom is 0.136 e. The second kappa shape index (κ2) is 13.8. The molecular weight excluding hydrogens is 840 g/mol. The molecule has 0 bridgehead atoms. The number of aromatic hydroxyl groups is 1. The number of furan rings is 1. The maximum absolute atomic E-state index is 11.0. The van der Waals surface area contributed by atoms with Gasteiger partial charge in [0, 0.05) is 64.2 Å². The Morgan fingerprint density at radius 2 is 1.21 bits per heavy atom. The molecule has 4 aromatic heterocycles. The van der Waals surface area contributed by atoms with Crippen LogP contribution >= 0.6 is 11.3 Å². The van der Waals surface area contributed by atoms with Crippen LogP contribution in [0.15, 0.2) is 150 Å². The van der Waals surface area contributed by atoms with E-state index in [2.05, 4.69) is 72.8 Å². The Labute approximate surface area is 320 Å². The predicted octanol–water partition coefficient (Wildman–Crippen LogP) is 12.6. The number of thiophene rings is 1. The molecule has 52 heavy (non-hydrogen) atoms. The molecule has 0 aliphatic heterocycles. The number of phenols is 1. The smallest absolute Gasteiger partial charge is 0.136 e. The van der Waals surface area contributed by atoms with Gasteiger partial charge in [0.05, 0.1) is 5.69 Å². The van der Waals surface area contributed by atoms with Crippen molar-refractivity contribution in [3.63, 3.8) is 0 Å². The number of nitrogens with zero attached hydrogens (tertiary/aromatic N) is 2. The molecule has 9 rings (SSSR count). The molecule has 0 unspecified atom stereocenters. The van der Waals surface area contributed by atoms with E-state index in [9.17, 15) is 5.11 Å². The van der Waals surface area contributed by atoms with Gasteiger partial charge in [-0.1, -0.05) is 90.0 Å². The number of aromatic nitrogens is 2. The fourth-order valence-corrected chi connectivity index (χ4v) is 7.70. The first-order valence-corrected chi connectivity index (χ1v) is 17.7. The fourth-order valence-electron chi connectivity index (χ4n) is 6.71. The van der Waals surface area contributed by atoms with Crippen molar-refractivity contribution in [2.45, 2.75) is 13.8 Å². The number of hydrogen-bond acceptors (Lipinski definition) is 5. The van der Waals surface area contributed by atoms with Gasteiger partial charge in [0.25, 0.3) is 0 Å². The van der Waals surface area contributed by atoms with Crippen LogP contribution in [0.5, 0.6) is 5.75 Å². The van der Waals surface area contributed by atoms with Gasteiger partial charge in [-0.25, -0.2) is 0 Å². The number of para-hydroxylation sites is 2. The summed E-state index contributed by atoms with van der Waals surface area (Å²) in [7, 11) is 0. The van der Waals surface area contributed by atoms with Crippen molar-refractivity contribution in [3.05, 3.63) is 163 Å². The first-order valence-electron chi connectivity index (χ1n) is 16.9. The Bertz CT molecular complexity index is 2750. The minimum atomic E-state index is 0. The van der Waals surface area contributed by atoms with Crippen LogP contribution in [0, 0.1) is 19.9 Å². The minimum absolute atomic E-state index is 0. The standard InChI is InChI=1S/C46H31N2O2S.Pt/c1-28-10-8-16-38(46(28)49)41-25-34(30-11-4-3-5-12-30)24-40(48-41)32-14-9-13-31(23-32)39-26-35(22-29(2)47-39)45-21-20-44(51-45)33-18-19-37-36-15-6-7-17-42(36)50-43(37)27-33;/h3-22,24-27,49H,1-2H3;/q-1;. The van der Waals surface area contributed by atoms with E-state index in [-0.39, 0.29) is 26.8 Å². The van der Waals surface area contributed by atoms with Gasteiger partial charge in [-0.3, -0.25) is 9.97 Å². The summed E-state index contributed by atoms with van der Waals surface area (Å²) in [6.07, 6.45) is 0. The molecule has 5 aromatic carbocycles. The summed E-state index contributed by atoms with van der Waals surface area (Å²) in [4.78, 5) is 12.4. The molecule has 254 valence electrons. The van der Waals surface area contributed by atoms with Crippen molar-refractivity contribution >= 4 is 33.3 Å². The van der Waals surface area contributed by atoms with Gasteiger partial charge < -0.3 is 9.52 Å². The normalized spacial score (nSPS) is 11.2. The molecule has 0 atom stereocenters. The van der Waals surface area contributed by atoms with E-state index in [0.717, 1.165) is 82.8 Å². The van der Waals surface area contributed by atoms with Gasteiger partial charge >= 0.3 is 0 Å². The molecule has 4 heterocycles. The molecule has 0 aliphatic rings. The molecule has 0 saturated heterocycles. The number of benzene rings is 5. The summed E-state index contributed by atoms with van der Waals surface area (Å²) in [5, 5.41) is 13.3. The third-order valence-electron chi connectivity index (χ3n) is 9.30. The van der Waals surface area contributed by atoms with Crippen LogP contribution in [0.1, 0.15) is 11.3 Å². The summed E-state index contributed by atoms with van der Waals surface area (Å²) in [6.45, 7) is 3.94. The Hall–Kier alpha value is -5.61. The van der Waals surface area contributed by atoms with E-state index < -0.39 is 0 Å². The van der Waals surface area contributed by atoms with Gasteiger partial charge in [-0.05, 0) is 90.2 Å².